The summed E-state index contributed by atoms with van der Waals surface area (Å²) in [5.41, 5.74) is 7.74. The molecule has 1 aromatic carbocycles. The van der Waals surface area contributed by atoms with Crippen molar-refractivity contribution in [1.29, 1.82) is 0 Å². The average molecular weight is 368 g/mol. The van der Waals surface area contributed by atoms with Gasteiger partial charge in [0.05, 0.1) is 10.6 Å². The van der Waals surface area contributed by atoms with Gasteiger partial charge in [-0.2, -0.15) is 0 Å². The fourth-order valence-corrected chi connectivity index (χ4v) is 3.19. The number of nitrogens with one attached hydrogen (secondary N) is 1. The van der Waals surface area contributed by atoms with Gasteiger partial charge in [-0.3, -0.25) is 4.79 Å². The molecule has 2 rings (SSSR count). The quantitative estimate of drug-likeness (QED) is 0.334. The Hall–Kier alpha value is -1.86. The number of carbonyl (C=O) groups is 1. The first kappa shape index (κ1) is 15.5. The summed E-state index contributed by atoms with van der Waals surface area (Å²) >= 11 is 4.79. The van der Waals surface area contributed by atoms with Crippen LogP contribution in [-0.4, -0.2) is 17.0 Å². The van der Waals surface area contributed by atoms with Crippen LogP contribution in [0.15, 0.2) is 39.3 Å². The van der Waals surface area contributed by atoms with E-state index < -0.39 is 0 Å². The van der Waals surface area contributed by atoms with Gasteiger partial charge in [0.25, 0.3) is 5.91 Å². The van der Waals surface area contributed by atoms with Crippen LogP contribution < -0.4 is 11.1 Å². The van der Waals surface area contributed by atoms with E-state index in [1.165, 1.54) is 11.3 Å². The standard InChI is InChI=1S/C14H14BrN3O2S/c1-2-8-5-6-21-12(8)14(19)17-11-4-3-9(7-10(11)15)13(16)18-20/h3-7,20H,2H2,1H3,(H2,16,18)(H,17,19). The molecule has 1 amide bonds. The second kappa shape index (κ2) is 6.73. The number of halogens is 1. The number of amides is 1. The molecule has 1 heterocycles. The highest BCUT2D eigenvalue weighted by molar-refractivity contribution is 9.10. The van der Waals surface area contributed by atoms with Crippen LogP contribution in [0.3, 0.4) is 0 Å². The number of aryl methyl sites for hydroxylation is 1. The van der Waals surface area contributed by atoms with Gasteiger partial charge in [-0.05, 0) is 57.6 Å². The van der Waals surface area contributed by atoms with Crippen molar-refractivity contribution >= 4 is 44.7 Å². The van der Waals surface area contributed by atoms with Gasteiger partial charge < -0.3 is 16.3 Å². The number of hydrogen-bond acceptors (Lipinski definition) is 4. The van der Waals surface area contributed by atoms with Gasteiger partial charge in [-0.15, -0.1) is 11.3 Å². The first-order valence-electron chi connectivity index (χ1n) is 6.22. The zero-order valence-corrected chi connectivity index (χ0v) is 13.7. The fourth-order valence-electron chi connectivity index (χ4n) is 1.83. The summed E-state index contributed by atoms with van der Waals surface area (Å²) in [6.07, 6.45) is 0.815. The Balaban J connectivity index is 2.22. The van der Waals surface area contributed by atoms with Crippen LogP contribution in [0.25, 0.3) is 0 Å². The molecule has 0 aliphatic rings. The zero-order chi connectivity index (χ0) is 15.4. The van der Waals surface area contributed by atoms with Crippen molar-refractivity contribution in [1.82, 2.24) is 0 Å². The van der Waals surface area contributed by atoms with Crippen LogP contribution in [0.1, 0.15) is 27.7 Å². The Labute approximate surface area is 134 Å². The number of amidine groups is 1. The van der Waals surface area contributed by atoms with Crippen LogP contribution in [0, 0.1) is 0 Å². The molecule has 0 saturated carbocycles. The SMILES string of the molecule is CCc1ccsc1C(=O)Nc1ccc(/C(N)=N/O)cc1Br. The van der Waals surface area contributed by atoms with E-state index in [0.717, 1.165) is 12.0 Å². The first-order valence-corrected chi connectivity index (χ1v) is 7.89. The summed E-state index contributed by atoms with van der Waals surface area (Å²) in [7, 11) is 0. The van der Waals surface area contributed by atoms with Crippen molar-refractivity contribution in [3.05, 3.63) is 50.1 Å². The number of oxime groups is 1. The smallest absolute Gasteiger partial charge is 0.266 e. The van der Waals surface area contributed by atoms with Crippen molar-refractivity contribution in [2.45, 2.75) is 13.3 Å². The summed E-state index contributed by atoms with van der Waals surface area (Å²) in [5, 5.41) is 16.4. The van der Waals surface area contributed by atoms with Gasteiger partial charge in [-0.25, -0.2) is 0 Å². The molecule has 4 N–H and O–H groups in total. The zero-order valence-electron chi connectivity index (χ0n) is 11.3. The lowest BCUT2D eigenvalue weighted by molar-refractivity contribution is 0.102. The molecule has 0 bridgehead atoms. The predicted molar refractivity (Wildman–Crippen MR) is 88.3 cm³/mol. The van der Waals surface area contributed by atoms with E-state index in [4.69, 9.17) is 10.9 Å². The second-order valence-corrected chi connectivity index (χ2v) is 6.03. The molecule has 110 valence electrons. The Morgan fingerprint density at radius 3 is 2.86 bits per heavy atom. The summed E-state index contributed by atoms with van der Waals surface area (Å²) in [6.45, 7) is 2.01. The number of nitrogens with zero attached hydrogens (tertiary/aromatic N) is 1. The van der Waals surface area contributed by atoms with Crippen LogP contribution in [0.5, 0.6) is 0 Å². The van der Waals surface area contributed by atoms with Crippen LogP contribution in [-0.2, 0) is 6.42 Å². The molecule has 0 aliphatic carbocycles. The molecule has 21 heavy (non-hydrogen) atoms. The van der Waals surface area contributed by atoms with E-state index in [9.17, 15) is 4.79 Å². The van der Waals surface area contributed by atoms with Gasteiger partial charge in [0, 0.05) is 10.0 Å². The van der Waals surface area contributed by atoms with E-state index >= 15 is 0 Å². The van der Waals surface area contributed by atoms with Gasteiger partial charge in [0.15, 0.2) is 5.84 Å². The van der Waals surface area contributed by atoms with Crippen LogP contribution >= 0.6 is 27.3 Å². The number of rotatable bonds is 4. The number of nitrogens with two attached hydrogens (primary N) is 1. The van der Waals surface area contributed by atoms with E-state index in [0.29, 0.717) is 20.6 Å². The molecular weight excluding hydrogens is 354 g/mol. The van der Waals surface area contributed by atoms with Crippen molar-refractivity contribution in [3.8, 4) is 0 Å². The molecular formula is C14H14BrN3O2S. The molecule has 0 saturated heterocycles. The van der Waals surface area contributed by atoms with Gasteiger partial charge in [-0.1, -0.05) is 12.1 Å². The number of benzene rings is 1. The lowest BCUT2D eigenvalue weighted by Crippen LogP contribution is -2.15. The van der Waals surface area contributed by atoms with Crippen molar-refractivity contribution < 1.29 is 10.0 Å². The highest BCUT2D eigenvalue weighted by Crippen LogP contribution is 2.26. The van der Waals surface area contributed by atoms with E-state index in [1.54, 1.807) is 18.2 Å². The monoisotopic (exact) mass is 367 g/mol. The minimum absolute atomic E-state index is 0.0140. The second-order valence-electron chi connectivity index (χ2n) is 4.26. The Morgan fingerprint density at radius 1 is 1.48 bits per heavy atom. The van der Waals surface area contributed by atoms with E-state index in [2.05, 4.69) is 26.4 Å². The third kappa shape index (κ3) is 3.43. The molecule has 1 aromatic heterocycles. The molecule has 5 nitrogen and oxygen atoms in total. The molecule has 7 heteroatoms. The Bertz CT molecular complexity index is 697. The van der Waals surface area contributed by atoms with Gasteiger partial charge >= 0.3 is 0 Å². The molecule has 0 fully saturated rings. The van der Waals surface area contributed by atoms with Gasteiger partial charge in [0.1, 0.15) is 0 Å². The normalized spacial score (nSPS) is 11.4. The minimum Gasteiger partial charge on any atom is -0.409 e. The average Bonchev–Trinajstić information content (AvgIpc) is 2.97. The maximum Gasteiger partial charge on any atom is 0.266 e. The summed E-state index contributed by atoms with van der Waals surface area (Å²) in [5.74, 6) is -0.126. The summed E-state index contributed by atoms with van der Waals surface area (Å²) in [6, 6.07) is 7.01. The highest BCUT2D eigenvalue weighted by atomic mass is 79.9. The third-order valence-corrected chi connectivity index (χ3v) is 4.57. The number of thiophene rings is 1. The number of carbonyl (C=O) groups excluding carboxylic acids is 1. The predicted octanol–water partition coefficient (Wildman–Crippen LogP) is 3.42. The molecule has 0 radical (unpaired) electrons. The molecule has 0 atom stereocenters. The Morgan fingerprint density at radius 2 is 2.24 bits per heavy atom. The number of hydrogen-bond donors (Lipinski definition) is 3. The lowest BCUT2D eigenvalue weighted by Gasteiger charge is -2.09. The van der Waals surface area contributed by atoms with Gasteiger partial charge in [0.2, 0.25) is 0 Å². The summed E-state index contributed by atoms with van der Waals surface area (Å²) in [4.78, 5) is 13.0. The van der Waals surface area contributed by atoms with E-state index in [-0.39, 0.29) is 11.7 Å². The maximum absolute atomic E-state index is 12.3. The van der Waals surface area contributed by atoms with Crippen molar-refractivity contribution in [2.75, 3.05) is 5.32 Å². The van der Waals surface area contributed by atoms with Crippen molar-refractivity contribution in [3.63, 3.8) is 0 Å². The molecule has 0 unspecified atom stereocenters. The molecule has 2 aromatic rings. The van der Waals surface area contributed by atoms with Crippen molar-refractivity contribution in [2.24, 2.45) is 10.9 Å². The minimum atomic E-state index is -0.140. The topological polar surface area (TPSA) is 87.7 Å². The Kier molecular flexibility index (Phi) is 4.98. The van der Waals surface area contributed by atoms with Crippen LogP contribution in [0.4, 0.5) is 5.69 Å². The molecule has 0 spiro atoms. The van der Waals surface area contributed by atoms with Crippen LogP contribution in [0.2, 0.25) is 0 Å². The summed E-state index contributed by atoms with van der Waals surface area (Å²) < 4.78 is 0.662. The largest absolute Gasteiger partial charge is 0.409 e. The number of anilines is 1. The maximum atomic E-state index is 12.3. The fraction of sp³-hybridized carbons (Fsp3) is 0.143. The first-order chi connectivity index (χ1) is 10.1. The van der Waals surface area contributed by atoms with E-state index in [1.807, 2.05) is 18.4 Å². The molecule has 0 aliphatic heterocycles. The lowest BCUT2D eigenvalue weighted by atomic mass is 10.1. The highest BCUT2D eigenvalue weighted by Gasteiger charge is 2.14. The third-order valence-electron chi connectivity index (χ3n) is 2.95.